The summed E-state index contributed by atoms with van der Waals surface area (Å²) >= 11 is 0. The molecule has 8 heteroatoms. The van der Waals surface area contributed by atoms with Crippen molar-refractivity contribution >= 4 is 33.5 Å². The van der Waals surface area contributed by atoms with E-state index >= 15 is 0 Å². The molecule has 2 atom stereocenters. The molecule has 0 aliphatic rings. The summed E-state index contributed by atoms with van der Waals surface area (Å²) < 4.78 is 37.6. The zero-order valence-corrected chi connectivity index (χ0v) is 33.8. The third-order valence-electron chi connectivity index (χ3n) is 9.64. The Bertz CT molecular complexity index is 2020. The Kier molecular flexibility index (Phi) is 16.3. The molecular formula is C48H58O8. The van der Waals surface area contributed by atoms with Crippen molar-refractivity contribution in [2.45, 2.75) is 105 Å². The number of unbranched alkanes of at least 4 members (excludes halogenated alkanes) is 4. The van der Waals surface area contributed by atoms with E-state index in [1.807, 2.05) is 86.6 Å². The van der Waals surface area contributed by atoms with Crippen molar-refractivity contribution in [1.82, 2.24) is 0 Å². The fourth-order valence-electron chi connectivity index (χ4n) is 6.58. The highest BCUT2D eigenvalue weighted by Gasteiger charge is 2.23. The molecule has 0 fully saturated rings. The topological polar surface area (TPSA) is 89.5 Å². The number of benzene rings is 5. The fraction of sp³-hybridized carbons (Fsp3) is 0.417. The normalized spacial score (nSPS) is 12.2. The summed E-state index contributed by atoms with van der Waals surface area (Å²) in [5.74, 6) is 2.21. The van der Waals surface area contributed by atoms with Gasteiger partial charge in [0.25, 0.3) is 0 Å². The first-order chi connectivity index (χ1) is 27.3. The van der Waals surface area contributed by atoms with Crippen LogP contribution in [0.3, 0.4) is 0 Å². The maximum Gasteiger partial charge on any atom is 0.306 e. The molecule has 0 N–H and O–H groups in total. The molecule has 56 heavy (non-hydrogen) atoms. The maximum atomic E-state index is 13.0. The molecule has 0 radical (unpaired) electrons. The van der Waals surface area contributed by atoms with Gasteiger partial charge in [0, 0.05) is 34.4 Å². The van der Waals surface area contributed by atoms with Crippen LogP contribution >= 0.6 is 0 Å². The van der Waals surface area contributed by atoms with Crippen molar-refractivity contribution in [2.24, 2.45) is 0 Å². The highest BCUT2D eigenvalue weighted by Crippen LogP contribution is 2.43. The molecule has 0 spiro atoms. The lowest BCUT2D eigenvalue weighted by molar-refractivity contribution is -0.153. The summed E-state index contributed by atoms with van der Waals surface area (Å²) in [6.45, 7) is 10.8. The quantitative estimate of drug-likeness (QED) is 0.0369. The van der Waals surface area contributed by atoms with Crippen LogP contribution in [0.25, 0.3) is 21.5 Å². The Hall–Kier alpha value is -5.24. The van der Waals surface area contributed by atoms with Crippen LogP contribution in [0, 0.1) is 13.8 Å². The maximum absolute atomic E-state index is 13.0. The second kappa shape index (κ2) is 21.7. The van der Waals surface area contributed by atoms with Gasteiger partial charge in [-0.15, -0.1) is 0 Å². The Morgan fingerprint density at radius 3 is 1.43 bits per heavy atom. The van der Waals surface area contributed by atoms with Crippen LogP contribution in [0.2, 0.25) is 0 Å². The summed E-state index contributed by atoms with van der Waals surface area (Å²) in [7, 11) is 0. The lowest BCUT2D eigenvalue weighted by Gasteiger charge is -2.23. The smallest absolute Gasteiger partial charge is 0.306 e. The molecule has 0 saturated heterocycles. The first kappa shape index (κ1) is 41.9. The Morgan fingerprint density at radius 1 is 0.500 bits per heavy atom. The SMILES string of the molecule is CCCCCC(=O)OC(COc1cccc(C)c1)COc1c2ccccc2c(OCC(COc2cccc(C)c2)OC(=O)CCCCC)c2cc(CC)ccc12. The van der Waals surface area contributed by atoms with E-state index in [1.165, 1.54) is 0 Å². The van der Waals surface area contributed by atoms with E-state index in [0.717, 1.165) is 83.2 Å². The highest BCUT2D eigenvalue weighted by molar-refractivity contribution is 6.11. The van der Waals surface area contributed by atoms with Crippen molar-refractivity contribution in [3.05, 3.63) is 108 Å². The zero-order valence-electron chi connectivity index (χ0n) is 33.8. The van der Waals surface area contributed by atoms with Gasteiger partial charge >= 0.3 is 11.9 Å². The standard InChI is InChI=1S/C48H58O8/c1-6-9-11-23-45(49)55-39(30-51-37-19-15-17-34(4)27-37)32-53-47-41-21-13-14-22-42(41)48(44-29-36(8-3)25-26-43(44)47)54-33-40(56-46(50)24-12-10-7-2)31-52-38-20-16-18-35(5)28-38/h13-22,25-29,39-40H,6-12,23-24,30-33H2,1-5H3. The van der Waals surface area contributed by atoms with Crippen LogP contribution in [-0.4, -0.2) is 50.6 Å². The van der Waals surface area contributed by atoms with E-state index in [9.17, 15) is 9.59 Å². The van der Waals surface area contributed by atoms with Gasteiger partial charge in [-0.25, -0.2) is 0 Å². The number of esters is 2. The van der Waals surface area contributed by atoms with E-state index in [2.05, 4.69) is 39.0 Å². The molecule has 0 aromatic heterocycles. The highest BCUT2D eigenvalue weighted by atomic mass is 16.6. The Labute approximate surface area is 332 Å². The van der Waals surface area contributed by atoms with Gasteiger partial charge in [0.1, 0.15) is 49.4 Å². The van der Waals surface area contributed by atoms with E-state index in [0.29, 0.717) is 35.8 Å². The van der Waals surface area contributed by atoms with Crippen molar-refractivity contribution < 1.29 is 38.0 Å². The first-order valence-electron chi connectivity index (χ1n) is 20.3. The average Bonchev–Trinajstić information content (AvgIpc) is 3.20. The second-order valence-corrected chi connectivity index (χ2v) is 14.5. The van der Waals surface area contributed by atoms with E-state index in [1.54, 1.807) is 0 Å². The Morgan fingerprint density at radius 2 is 0.964 bits per heavy atom. The van der Waals surface area contributed by atoms with Crippen molar-refractivity contribution in [3.63, 3.8) is 0 Å². The van der Waals surface area contributed by atoms with Gasteiger partial charge in [0.2, 0.25) is 0 Å². The minimum Gasteiger partial charge on any atom is -0.490 e. The van der Waals surface area contributed by atoms with Crippen LogP contribution in [0.4, 0.5) is 0 Å². The van der Waals surface area contributed by atoms with Crippen LogP contribution in [0.15, 0.2) is 91.0 Å². The van der Waals surface area contributed by atoms with Gasteiger partial charge < -0.3 is 28.4 Å². The van der Waals surface area contributed by atoms with Gasteiger partial charge in [-0.3, -0.25) is 9.59 Å². The van der Waals surface area contributed by atoms with Crippen LogP contribution in [0.5, 0.6) is 23.0 Å². The summed E-state index contributed by atoms with van der Waals surface area (Å²) in [4.78, 5) is 25.9. The molecule has 8 nitrogen and oxygen atoms in total. The van der Waals surface area contributed by atoms with Gasteiger partial charge in [0.05, 0.1) is 0 Å². The van der Waals surface area contributed by atoms with Gasteiger partial charge in [-0.2, -0.15) is 0 Å². The fourth-order valence-corrected chi connectivity index (χ4v) is 6.58. The molecule has 0 bridgehead atoms. The van der Waals surface area contributed by atoms with Gasteiger partial charge in [-0.1, -0.05) is 107 Å². The molecule has 5 aromatic carbocycles. The number of hydrogen-bond acceptors (Lipinski definition) is 8. The first-order valence-corrected chi connectivity index (χ1v) is 20.3. The number of carbonyl (C=O) groups is 2. The summed E-state index contributed by atoms with van der Waals surface area (Å²) in [6, 6.07) is 29.8. The summed E-state index contributed by atoms with van der Waals surface area (Å²) in [5.41, 5.74) is 3.29. The number of carbonyl (C=O) groups excluding carboxylic acids is 2. The summed E-state index contributed by atoms with van der Waals surface area (Å²) in [5, 5.41) is 3.42. The molecule has 5 rings (SSSR count). The summed E-state index contributed by atoms with van der Waals surface area (Å²) in [6.07, 6.45) is 5.72. The molecule has 0 heterocycles. The predicted molar refractivity (Wildman–Crippen MR) is 223 cm³/mol. The van der Waals surface area contributed by atoms with Crippen LogP contribution < -0.4 is 18.9 Å². The molecule has 2 unspecified atom stereocenters. The molecule has 0 amide bonds. The molecule has 0 aliphatic heterocycles. The van der Waals surface area contributed by atoms with E-state index in [4.69, 9.17) is 28.4 Å². The minimum atomic E-state index is -0.648. The molecule has 0 aliphatic carbocycles. The van der Waals surface area contributed by atoms with E-state index in [-0.39, 0.29) is 38.4 Å². The van der Waals surface area contributed by atoms with Crippen LogP contribution in [-0.2, 0) is 25.5 Å². The zero-order chi connectivity index (χ0) is 39.7. The third kappa shape index (κ3) is 12.4. The lowest BCUT2D eigenvalue weighted by Crippen LogP contribution is -2.31. The Balaban J connectivity index is 1.44. The molecule has 0 saturated carbocycles. The number of fused-ring (bicyclic) bond motifs is 2. The monoisotopic (exact) mass is 762 g/mol. The number of rotatable bonds is 23. The number of hydrogen-bond donors (Lipinski definition) is 0. The van der Waals surface area contributed by atoms with Gasteiger partial charge in [-0.05, 0) is 80.1 Å². The predicted octanol–water partition coefficient (Wildman–Crippen LogP) is 11.1. The number of ether oxygens (including phenoxy) is 6. The van der Waals surface area contributed by atoms with Crippen molar-refractivity contribution in [3.8, 4) is 23.0 Å². The average molecular weight is 763 g/mol. The second-order valence-electron chi connectivity index (χ2n) is 14.5. The molecular weight excluding hydrogens is 705 g/mol. The molecule has 298 valence electrons. The minimum absolute atomic E-state index is 0.0898. The van der Waals surface area contributed by atoms with Crippen molar-refractivity contribution in [1.29, 1.82) is 0 Å². The van der Waals surface area contributed by atoms with E-state index < -0.39 is 12.2 Å². The lowest BCUT2D eigenvalue weighted by atomic mass is 9.98. The van der Waals surface area contributed by atoms with Crippen LogP contribution in [0.1, 0.15) is 88.8 Å². The number of aryl methyl sites for hydroxylation is 3. The third-order valence-corrected chi connectivity index (χ3v) is 9.64. The van der Waals surface area contributed by atoms with Crippen molar-refractivity contribution in [2.75, 3.05) is 26.4 Å². The molecule has 5 aromatic rings. The largest absolute Gasteiger partial charge is 0.490 e. The van der Waals surface area contributed by atoms with Gasteiger partial charge in [0.15, 0.2) is 12.2 Å².